The Morgan fingerprint density at radius 2 is 1.50 bits per heavy atom. The van der Waals surface area contributed by atoms with Gasteiger partial charge in [0.25, 0.3) is 10.2 Å². The molecule has 0 aliphatic heterocycles. The van der Waals surface area contributed by atoms with Crippen LogP contribution in [0.4, 0.5) is 4.79 Å². The van der Waals surface area contributed by atoms with Crippen molar-refractivity contribution >= 4 is 18.0 Å². The highest BCUT2D eigenvalue weighted by Gasteiger charge is 2.27. The van der Waals surface area contributed by atoms with Crippen LogP contribution in [0.5, 0.6) is 0 Å². The Morgan fingerprint density at radius 1 is 0.912 bits per heavy atom. The summed E-state index contributed by atoms with van der Waals surface area (Å²) in [7, 11) is 0. The van der Waals surface area contributed by atoms with E-state index in [0.29, 0.717) is 0 Å². The van der Waals surface area contributed by atoms with Crippen LogP contribution < -0.4 is 5.32 Å². The standard InChI is InChI=1S/C19H33N3O12/c1-18(2,3)32-15(23)10-9-14(20-17(25)33-19(4,5)6)16(24)30-11-7-8-13(34-22(28)29)12-31-21(26)27/h13-14H,7-12H2,1-6H3,(H,20,25)/t13?,14-/m0/s1. The van der Waals surface area contributed by atoms with Crippen LogP contribution in [-0.2, 0) is 33.5 Å². The summed E-state index contributed by atoms with van der Waals surface area (Å²) in [6.07, 6.45) is -2.52. The molecule has 0 saturated carbocycles. The number of alkyl carbamates (subject to hydrolysis) is 1. The third-order valence-corrected chi connectivity index (χ3v) is 3.55. The van der Waals surface area contributed by atoms with Crippen LogP contribution in [0.2, 0.25) is 0 Å². The minimum atomic E-state index is -1.25. The fourth-order valence-electron chi connectivity index (χ4n) is 2.37. The Hall–Kier alpha value is -3.39. The number of nitrogens with zero attached hydrogens (tertiary/aromatic N) is 2. The van der Waals surface area contributed by atoms with Crippen molar-refractivity contribution in [2.45, 2.75) is 90.6 Å². The third kappa shape index (κ3) is 17.2. The molecule has 0 heterocycles. The summed E-state index contributed by atoms with van der Waals surface area (Å²) in [5, 5.41) is 20.9. The van der Waals surface area contributed by atoms with Crippen LogP contribution >= 0.6 is 0 Å². The first kappa shape index (κ1) is 30.6. The summed E-state index contributed by atoms with van der Waals surface area (Å²) in [5.41, 5.74) is -1.56. The highest BCUT2D eigenvalue weighted by atomic mass is 17.0. The molecule has 196 valence electrons. The van der Waals surface area contributed by atoms with E-state index in [1.54, 1.807) is 41.5 Å². The van der Waals surface area contributed by atoms with Crippen molar-refractivity contribution < 1.29 is 48.4 Å². The molecule has 34 heavy (non-hydrogen) atoms. The second-order valence-corrected chi connectivity index (χ2v) is 9.10. The van der Waals surface area contributed by atoms with Crippen molar-refractivity contribution in [3.05, 3.63) is 20.2 Å². The van der Waals surface area contributed by atoms with Crippen LogP contribution in [0.3, 0.4) is 0 Å². The zero-order valence-electron chi connectivity index (χ0n) is 20.2. The molecule has 15 nitrogen and oxygen atoms in total. The zero-order valence-corrected chi connectivity index (χ0v) is 20.2. The smallest absolute Gasteiger partial charge is 0.408 e. The van der Waals surface area contributed by atoms with E-state index in [0.717, 1.165) is 0 Å². The number of amides is 1. The Kier molecular flexibility index (Phi) is 12.6. The van der Waals surface area contributed by atoms with E-state index in [4.69, 9.17) is 14.2 Å². The maximum atomic E-state index is 12.5. The van der Waals surface area contributed by atoms with Crippen molar-refractivity contribution in [1.82, 2.24) is 5.32 Å². The van der Waals surface area contributed by atoms with Crippen molar-refractivity contribution in [2.75, 3.05) is 13.2 Å². The van der Waals surface area contributed by atoms with Gasteiger partial charge in [-0.25, -0.2) is 9.59 Å². The van der Waals surface area contributed by atoms with Gasteiger partial charge in [-0.2, -0.15) is 0 Å². The van der Waals surface area contributed by atoms with E-state index in [2.05, 4.69) is 15.0 Å². The summed E-state index contributed by atoms with van der Waals surface area (Å²) in [5.74, 6) is -1.45. The Labute approximate surface area is 196 Å². The van der Waals surface area contributed by atoms with Crippen LogP contribution in [0, 0.1) is 20.2 Å². The quantitative estimate of drug-likeness (QED) is 0.121. The molecular formula is C19H33N3O12. The van der Waals surface area contributed by atoms with E-state index in [1.165, 1.54) is 0 Å². The zero-order chi connectivity index (χ0) is 26.5. The fraction of sp³-hybridized carbons (Fsp3) is 0.842. The molecule has 0 aliphatic carbocycles. The summed E-state index contributed by atoms with van der Waals surface area (Å²) in [4.78, 5) is 65.7. The second kappa shape index (κ2) is 14.0. The number of carbonyl (C=O) groups is 3. The largest absolute Gasteiger partial charge is 0.464 e. The fourth-order valence-corrected chi connectivity index (χ4v) is 2.37. The number of ether oxygens (including phenoxy) is 3. The van der Waals surface area contributed by atoms with Gasteiger partial charge in [-0.1, -0.05) is 0 Å². The minimum absolute atomic E-state index is 0.0382. The number of hydrogen-bond acceptors (Lipinski definition) is 12. The van der Waals surface area contributed by atoms with Crippen molar-refractivity contribution in [3.63, 3.8) is 0 Å². The molecule has 0 aromatic carbocycles. The third-order valence-electron chi connectivity index (χ3n) is 3.55. The first-order valence-corrected chi connectivity index (χ1v) is 10.4. The van der Waals surface area contributed by atoms with Gasteiger partial charge in [0, 0.05) is 6.42 Å². The Balaban J connectivity index is 4.91. The van der Waals surface area contributed by atoms with Crippen LogP contribution in [-0.4, -0.2) is 64.8 Å². The molecule has 0 saturated heterocycles. The molecular weight excluding hydrogens is 462 g/mol. The molecule has 0 fully saturated rings. The lowest BCUT2D eigenvalue weighted by Gasteiger charge is -2.23. The maximum absolute atomic E-state index is 12.5. The summed E-state index contributed by atoms with van der Waals surface area (Å²) >= 11 is 0. The Morgan fingerprint density at radius 3 is 2.00 bits per heavy atom. The topological polar surface area (TPSA) is 196 Å². The van der Waals surface area contributed by atoms with Crippen molar-refractivity contribution in [2.24, 2.45) is 0 Å². The predicted octanol–water partition coefficient (Wildman–Crippen LogP) is 2.11. The Bertz CT molecular complexity index is 714. The first-order valence-electron chi connectivity index (χ1n) is 10.4. The minimum Gasteiger partial charge on any atom is -0.464 e. The lowest BCUT2D eigenvalue weighted by Crippen LogP contribution is -2.44. The van der Waals surface area contributed by atoms with Gasteiger partial charge in [0.15, 0.2) is 0 Å². The highest BCUT2D eigenvalue weighted by molar-refractivity contribution is 5.82. The normalized spacial score (nSPS) is 13.1. The van der Waals surface area contributed by atoms with Gasteiger partial charge < -0.3 is 29.2 Å². The molecule has 0 rings (SSSR count). The number of hydrogen-bond donors (Lipinski definition) is 1. The molecule has 15 heteroatoms. The molecule has 1 N–H and O–H groups in total. The predicted molar refractivity (Wildman–Crippen MR) is 113 cm³/mol. The first-order chi connectivity index (χ1) is 15.5. The number of rotatable bonds is 14. The molecule has 1 amide bonds. The van der Waals surface area contributed by atoms with Crippen molar-refractivity contribution in [1.29, 1.82) is 0 Å². The molecule has 0 bridgehead atoms. The monoisotopic (exact) mass is 495 g/mol. The van der Waals surface area contributed by atoms with E-state index in [1.807, 2.05) is 0 Å². The second-order valence-electron chi connectivity index (χ2n) is 9.10. The van der Waals surface area contributed by atoms with Crippen LogP contribution in [0.1, 0.15) is 67.2 Å². The van der Waals surface area contributed by atoms with Gasteiger partial charge >= 0.3 is 18.0 Å². The summed E-state index contributed by atoms with van der Waals surface area (Å²) < 4.78 is 15.4. The lowest BCUT2D eigenvalue weighted by atomic mass is 10.1. The highest BCUT2D eigenvalue weighted by Crippen LogP contribution is 2.12. The van der Waals surface area contributed by atoms with Gasteiger partial charge in [-0.05, 0) is 60.8 Å². The van der Waals surface area contributed by atoms with Crippen molar-refractivity contribution in [3.8, 4) is 0 Å². The molecule has 2 atom stereocenters. The SMILES string of the molecule is CC(C)(C)OC(=O)CC[C@H](NC(=O)OC(C)(C)C)C(=O)OCCCC(CO[N+](=O)[O-])O[N+](=O)[O-]. The van der Waals surface area contributed by atoms with Crippen LogP contribution in [0.25, 0.3) is 0 Å². The molecule has 1 unspecified atom stereocenters. The maximum Gasteiger partial charge on any atom is 0.408 e. The molecule has 0 radical (unpaired) electrons. The van der Waals surface area contributed by atoms with E-state index < -0.39 is 58.2 Å². The summed E-state index contributed by atoms with van der Waals surface area (Å²) in [6.45, 7) is 9.02. The number of carbonyl (C=O) groups excluding carboxylic acids is 3. The average Bonchev–Trinajstić information content (AvgIpc) is 2.62. The molecule has 0 aromatic heterocycles. The van der Waals surface area contributed by atoms with Gasteiger partial charge in [0.1, 0.15) is 30.0 Å². The van der Waals surface area contributed by atoms with Gasteiger partial charge in [-0.15, -0.1) is 20.2 Å². The molecule has 0 aromatic rings. The molecule has 0 aliphatic rings. The van der Waals surface area contributed by atoms with E-state index in [9.17, 15) is 34.6 Å². The van der Waals surface area contributed by atoms with Gasteiger partial charge in [-0.3, -0.25) is 4.79 Å². The number of esters is 2. The lowest BCUT2D eigenvalue weighted by molar-refractivity contribution is -0.790. The number of nitrogens with one attached hydrogen (secondary N) is 1. The van der Waals surface area contributed by atoms with E-state index >= 15 is 0 Å². The van der Waals surface area contributed by atoms with E-state index in [-0.39, 0.29) is 32.3 Å². The average molecular weight is 495 g/mol. The van der Waals surface area contributed by atoms with Gasteiger partial charge in [0.05, 0.1) is 6.61 Å². The molecule has 0 spiro atoms. The van der Waals surface area contributed by atoms with Gasteiger partial charge in [0.2, 0.25) is 0 Å². The van der Waals surface area contributed by atoms with Crippen LogP contribution in [0.15, 0.2) is 0 Å². The summed E-state index contributed by atoms with van der Waals surface area (Å²) in [6, 6.07) is -1.23.